The van der Waals surface area contributed by atoms with E-state index in [1.165, 1.54) is 0 Å². The number of hydrogen-bond donors (Lipinski definition) is 0. The van der Waals surface area contributed by atoms with Crippen LogP contribution in [-0.2, 0) is 5.88 Å². The maximum Gasteiger partial charge on any atom is 0.391 e. The molecule has 0 amide bonds. The number of aromatic nitrogens is 1. The van der Waals surface area contributed by atoms with Gasteiger partial charge in [0.25, 0.3) is 0 Å². The Hall–Kier alpha value is -0.970. The summed E-state index contributed by atoms with van der Waals surface area (Å²) in [5.74, 6) is -0.851. The van der Waals surface area contributed by atoms with Gasteiger partial charge in [0.1, 0.15) is 0 Å². The summed E-state index contributed by atoms with van der Waals surface area (Å²) in [4.78, 5) is 6.03. The van der Waals surface area contributed by atoms with Crippen LogP contribution in [0.4, 0.5) is 18.9 Å². The normalized spacial score (nSPS) is 18.1. The van der Waals surface area contributed by atoms with E-state index in [1.54, 1.807) is 6.20 Å². The van der Waals surface area contributed by atoms with E-state index in [1.807, 2.05) is 17.0 Å². The van der Waals surface area contributed by atoms with Crippen LogP contribution >= 0.6 is 11.6 Å². The van der Waals surface area contributed by atoms with Gasteiger partial charge in [-0.1, -0.05) is 0 Å². The molecule has 6 heteroatoms. The van der Waals surface area contributed by atoms with Crippen LogP contribution in [0.2, 0.25) is 0 Å². The minimum atomic E-state index is -4.06. The van der Waals surface area contributed by atoms with Crippen LogP contribution < -0.4 is 4.90 Å². The Bertz CT molecular complexity index is 401. The third-order valence-corrected chi connectivity index (χ3v) is 3.53. The van der Waals surface area contributed by atoms with Crippen molar-refractivity contribution in [1.29, 1.82) is 0 Å². The Kier molecular flexibility index (Phi) is 4.00. The molecule has 0 bridgehead atoms. The predicted molar refractivity (Wildman–Crippen MR) is 64.8 cm³/mol. The fourth-order valence-corrected chi connectivity index (χ4v) is 2.35. The lowest BCUT2D eigenvalue weighted by Gasteiger charge is -2.34. The summed E-state index contributed by atoms with van der Waals surface area (Å²) in [5, 5.41) is 0. The lowest BCUT2D eigenvalue weighted by Crippen LogP contribution is -2.39. The lowest BCUT2D eigenvalue weighted by molar-refractivity contribution is -0.179. The number of rotatable bonds is 2. The molecular formula is C12H14ClF3N2. The molecule has 100 valence electrons. The van der Waals surface area contributed by atoms with Crippen molar-refractivity contribution in [3.8, 4) is 0 Å². The molecule has 0 N–H and O–H groups in total. The van der Waals surface area contributed by atoms with Crippen LogP contribution in [0.3, 0.4) is 0 Å². The third-order valence-electron chi connectivity index (χ3n) is 3.26. The smallest absolute Gasteiger partial charge is 0.371 e. The summed E-state index contributed by atoms with van der Waals surface area (Å²) in [6.45, 7) is 0.853. The molecule has 1 saturated heterocycles. The highest BCUT2D eigenvalue weighted by Crippen LogP contribution is 2.35. The minimum absolute atomic E-state index is 0.155. The Labute approximate surface area is 109 Å². The fraction of sp³-hybridized carbons (Fsp3) is 0.583. The maximum atomic E-state index is 12.5. The zero-order valence-corrected chi connectivity index (χ0v) is 10.5. The number of halogens is 4. The zero-order chi connectivity index (χ0) is 13.2. The summed E-state index contributed by atoms with van der Waals surface area (Å²) in [7, 11) is 0. The molecule has 0 spiro atoms. The number of piperidine rings is 1. The Balaban J connectivity index is 2.01. The van der Waals surface area contributed by atoms with Crippen LogP contribution in [-0.4, -0.2) is 24.2 Å². The molecule has 0 aliphatic carbocycles. The van der Waals surface area contributed by atoms with E-state index in [2.05, 4.69) is 4.98 Å². The molecule has 2 heterocycles. The van der Waals surface area contributed by atoms with Crippen molar-refractivity contribution in [3.63, 3.8) is 0 Å². The second-order valence-corrected chi connectivity index (χ2v) is 4.71. The third kappa shape index (κ3) is 3.07. The van der Waals surface area contributed by atoms with Gasteiger partial charge in [0, 0.05) is 25.0 Å². The van der Waals surface area contributed by atoms with Crippen LogP contribution in [0.15, 0.2) is 18.3 Å². The Morgan fingerprint density at radius 3 is 2.56 bits per heavy atom. The predicted octanol–water partition coefficient (Wildman–Crippen LogP) is 3.60. The van der Waals surface area contributed by atoms with Gasteiger partial charge in [-0.05, 0) is 25.0 Å². The summed E-state index contributed by atoms with van der Waals surface area (Å²) in [5.41, 5.74) is 1.65. The molecule has 0 atom stereocenters. The van der Waals surface area contributed by atoms with E-state index in [-0.39, 0.29) is 12.8 Å². The molecule has 18 heavy (non-hydrogen) atoms. The number of nitrogens with zero attached hydrogens (tertiary/aromatic N) is 2. The Morgan fingerprint density at radius 2 is 2.00 bits per heavy atom. The maximum absolute atomic E-state index is 12.5. The van der Waals surface area contributed by atoms with Crippen molar-refractivity contribution in [2.45, 2.75) is 24.9 Å². The van der Waals surface area contributed by atoms with Crippen molar-refractivity contribution < 1.29 is 13.2 Å². The van der Waals surface area contributed by atoms with Crippen molar-refractivity contribution in [3.05, 3.63) is 24.0 Å². The molecule has 2 nitrogen and oxygen atoms in total. The summed E-state index contributed by atoms with van der Waals surface area (Å²) in [6.07, 6.45) is -2.11. The van der Waals surface area contributed by atoms with Gasteiger partial charge >= 0.3 is 6.18 Å². The molecule has 1 aliphatic rings. The van der Waals surface area contributed by atoms with Crippen molar-refractivity contribution in [1.82, 2.24) is 4.98 Å². The molecule has 0 unspecified atom stereocenters. The van der Waals surface area contributed by atoms with Gasteiger partial charge in [-0.3, -0.25) is 4.98 Å². The minimum Gasteiger partial charge on any atom is -0.371 e. The zero-order valence-electron chi connectivity index (χ0n) is 9.75. The van der Waals surface area contributed by atoms with Gasteiger partial charge in [0.2, 0.25) is 0 Å². The second-order valence-electron chi connectivity index (χ2n) is 4.44. The first kappa shape index (κ1) is 13.5. The monoisotopic (exact) mass is 278 g/mol. The van der Waals surface area contributed by atoms with Crippen molar-refractivity contribution in [2.75, 3.05) is 18.0 Å². The van der Waals surface area contributed by atoms with Crippen molar-refractivity contribution >= 4 is 17.3 Å². The summed E-state index contributed by atoms with van der Waals surface area (Å²) < 4.78 is 37.6. The number of pyridine rings is 1. The van der Waals surface area contributed by atoms with Gasteiger partial charge in [-0.15, -0.1) is 11.6 Å². The molecule has 1 aliphatic heterocycles. The van der Waals surface area contributed by atoms with Crippen LogP contribution in [0.25, 0.3) is 0 Å². The summed E-state index contributed by atoms with van der Waals surface area (Å²) in [6, 6.07) is 3.64. The van der Waals surface area contributed by atoms with Gasteiger partial charge in [0.15, 0.2) is 0 Å². The van der Waals surface area contributed by atoms with Gasteiger partial charge < -0.3 is 4.90 Å². The van der Waals surface area contributed by atoms with E-state index in [0.717, 1.165) is 11.4 Å². The van der Waals surface area contributed by atoms with Gasteiger partial charge in [-0.2, -0.15) is 13.2 Å². The molecule has 2 rings (SSSR count). The highest BCUT2D eigenvalue weighted by molar-refractivity contribution is 6.16. The van der Waals surface area contributed by atoms with Gasteiger partial charge in [0.05, 0.1) is 17.5 Å². The van der Waals surface area contributed by atoms with E-state index < -0.39 is 12.1 Å². The largest absolute Gasteiger partial charge is 0.391 e. The highest BCUT2D eigenvalue weighted by Gasteiger charge is 2.41. The van der Waals surface area contributed by atoms with E-state index in [4.69, 9.17) is 11.6 Å². The highest BCUT2D eigenvalue weighted by atomic mass is 35.5. The molecule has 0 saturated carbocycles. The average molecular weight is 279 g/mol. The molecule has 1 fully saturated rings. The first-order valence-electron chi connectivity index (χ1n) is 5.83. The van der Waals surface area contributed by atoms with Crippen LogP contribution in [0.5, 0.6) is 0 Å². The lowest BCUT2D eigenvalue weighted by atomic mass is 9.96. The first-order chi connectivity index (χ1) is 8.50. The topological polar surface area (TPSA) is 16.1 Å². The van der Waals surface area contributed by atoms with E-state index >= 15 is 0 Å². The van der Waals surface area contributed by atoms with Crippen LogP contribution in [0, 0.1) is 5.92 Å². The number of anilines is 1. The molecular weight excluding hydrogens is 265 g/mol. The number of alkyl halides is 4. The van der Waals surface area contributed by atoms with E-state index in [0.29, 0.717) is 19.0 Å². The number of hydrogen-bond acceptors (Lipinski definition) is 2. The van der Waals surface area contributed by atoms with Crippen molar-refractivity contribution in [2.24, 2.45) is 5.92 Å². The molecule has 1 aromatic rings. The van der Waals surface area contributed by atoms with E-state index in [9.17, 15) is 13.2 Å². The fourth-order valence-electron chi connectivity index (χ4n) is 2.20. The summed E-state index contributed by atoms with van der Waals surface area (Å²) >= 11 is 5.69. The first-order valence-corrected chi connectivity index (χ1v) is 6.36. The molecule has 0 aromatic carbocycles. The van der Waals surface area contributed by atoms with Crippen LogP contribution in [0.1, 0.15) is 18.5 Å². The average Bonchev–Trinajstić information content (AvgIpc) is 2.38. The van der Waals surface area contributed by atoms with Gasteiger partial charge in [-0.25, -0.2) is 0 Å². The quantitative estimate of drug-likeness (QED) is 0.769. The standard InChI is InChI=1S/C12H14ClF3N2/c13-8-10-7-11(1-4-17-10)18-5-2-9(3-6-18)12(14,15)16/h1,4,7,9H,2-3,5-6,8H2. The Morgan fingerprint density at radius 1 is 1.33 bits per heavy atom. The second kappa shape index (κ2) is 5.34. The molecule has 1 aromatic heterocycles. The SMILES string of the molecule is FC(F)(F)C1CCN(c2ccnc(CCl)c2)CC1. The molecule has 0 radical (unpaired) electrons.